The molecule has 3 aromatic rings. The maximum absolute atomic E-state index is 13.0. The van der Waals surface area contributed by atoms with E-state index in [-0.39, 0.29) is 23.0 Å². The molecule has 1 aromatic heterocycles. The van der Waals surface area contributed by atoms with Crippen LogP contribution in [0.4, 0.5) is 15.2 Å². The fourth-order valence-corrected chi connectivity index (χ4v) is 4.42. The van der Waals surface area contributed by atoms with E-state index < -0.39 is 0 Å². The summed E-state index contributed by atoms with van der Waals surface area (Å²) in [5.74, 6) is -0.400. The van der Waals surface area contributed by atoms with Crippen LogP contribution in [-0.4, -0.2) is 21.4 Å². The van der Waals surface area contributed by atoms with E-state index in [1.807, 2.05) is 45.0 Å². The van der Waals surface area contributed by atoms with Crippen molar-refractivity contribution in [2.24, 2.45) is 0 Å². The number of aryl methyl sites for hydroxylation is 1. The SMILES string of the molecule is Cc1ccccc1Nc1nnc(S[C@@H](C)C(=O)N[C@@H](C)c2ccc(F)cc2)s1. The Hall–Kier alpha value is -2.45. The van der Waals surface area contributed by atoms with Gasteiger partial charge in [-0.25, -0.2) is 4.39 Å². The molecule has 0 spiro atoms. The monoisotopic (exact) mass is 416 g/mol. The second-order valence-electron chi connectivity index (χ2n) is 6.35. The molecule has 0 saturated heterocycles. The van der Waals surface area contributed by atoms with Crippen molar-refractivity contribution in [3.63, 3.8) is 0 Å². The number of hydrogen-bond donors (Lipinski definition) is 2. The Morgan fingerprint density at radius 2 is 1.82 bits per heavy atom. The number of halogens is 1. The van der Waals surface area contributed by atoms with Crippen molar-refractivity contribution in [2.45, 2.75) is 36.4 Å². The van der Waals surface area contributed by atoms with E-state index in [4.69, 9.17) is 0 Å². The van der Waals surface area contributed by atoms with Gasteiger partial charge in [0.1, 0.15) is 5.82 Å². The molecule has 28 heavy (non-hydrogen) atoms. The van der Waals surface area contributed by atoms with Gasteiger partial charge in [-0.05, 0) is 50.1 Å². The van der Waals surface area contributed by atoms with E-state index >= 15 is 0 Å². The number of para-hydroxylation sites is 1. The summed E-state index contributed by atoms with van der Waals surface area (Å²) in [7, 11) is 0. The first-order chi connectivity index (χ1) is 13.4. The summed E-state index contributed by atoms with van der Waals surface area (Å²) in [4.78, 5) is 12.5. The summed E-state index contributed by atoms with van der Waals surface area (Å²) in [6.07, 6.45) is 0. The molecule has 2 atom stereocenters. The average Bonchev–Trinajstić information content (AvgIpc) is 3.11. The Morgan fingerprint density at radius 3 is 2.54 bits per heavy atom. The lowest BCUT2D eigenvalue weighted by atomic mass is 10.1. The molecule has 1 heterocycles. The summed E-state index contributed by atoms with van der Waals surface area (Å²) >= 11 is 2.77. The van der Waals surface area contributed by atoms with Gasteiger partial charge < -0.3 is 10.6 Å². The van der Waals surface area contributed by atoms with Gasteiger partial charge >= 0.3 is 0 Å². The number of aromatic nitrogens is 2. The van der Waals surface area contributed by atoms with Crippen LogP contribution in [0.25, 0.3) is 0 Å². The minimum absolute atomic E-state index is 0.106. The van der Waals surface area contributed by atoms with Gasteiger partial charge in [-0.1, -0.05) is 53.4 Å². The van der Waals surface area contributed by atoms with Crippen LogP contribution in [0.15, 0.2) is 52.9 Å². The standard InChI is InChI=1S/C20H21FN4OS2/c1-12-6-4-5-7-17(12)23-19-24-25-20(28-19)27-14(3)18(26)22-13(2)15-8-10-16(21)11-9-15/h4-11,13-14H,1-3H3,(H,22,26)(H,23,24)/t13-,14-/m0/s1. The minimum atomic E-state index is -0.331. The summed E-state index contributed by atoms with van der Waals surface area (Å²) in [6.45, 7) is 5.72. The molecule has 0 saturated carbocycles. The second kappa shape index (κ2) is 9.16. The highest BCUT2D eigenvalue weighted by Crippen LogP contribution is 2.31. The summed E-state index contributed by atoms with van der Waals surface area (Å²) in [5, 5.41) is 14.9. The Labute approximate surface area is 171 Å². The van der Waals surface area contributed by atoms with Crippen molar-refractivity contribution in [3.05, 3.63) is 65.5 Å². The number of thioether (sulfide) groups is 1. The third kappa shape index (κ3) is 5.30. The molecule has 0 radical (unpaired) electrons. The van der Waals surface area contributed by atoms with Crippen LogP contribution in [0.3, 0.4) is 0 Å². The highest BCUT2D eigenvalue weighted by atomic mass is 32.2. The van der Waals surface area contributed by atoms with E-state index in [1.54, 1.807) is 12.1 Å². The first kappa shape index (κ1) is 20.3. The van der Waals surface area contributed by atoms with Crippen LogP contribution in [-0.2, 0) is 4.79 Å². The van der Waals surface area contributed by atoms with Gasteiger partial charge in [-0.2, -0.15) is 0 Å². The van der Waals surface area contributed by atoms with Gasteiger partial charge in [0.25, 0.3) is 0 Å². The Bertz CT molecular complexity index is 945. The van der Waals surface area contributed by atoms with E-state index in [1.165, 1.54) is 35.2 Å². The van der Waals surface area contributed by atoms with Gasteiger partial charge in [0.05, 0.1) is 11.3 Å². The van der Waals surface area contributed by atoms with E-state index in [0.717, 1.165) is 16.8 Å². The molecule has 2 aromatic carbocycles. The maximum Gasteiger partial charge on any atom is 0.233 e. The number of nitrogens with one attached hydrogen (secondary N) is 2. The summed E-state index contributed by atoms with van der Waals surface area (Å²) < 4.78 is 13.8. The van der Waals surface area contributed by atoms with Crippen molar-refractivity contribution >= 4 is 39.8 Å². The van der Waals surface area contributed by atoms with E-state index in [2.05, 4.69) is 20.8 Å². The fourth-order valence-electron chi connectivity index (χ4n) is 2.51. The molecule has 0 aliphatic carbocycles. The number of benzene rings is 2. The van der Waals surface area contributed by atoms with Crippen LogP contribution in [0, 0.1) is 12.7 Å². The Kier molecular flexibility index (Phi) is 6.64. The average molecular weight is 417 g/mol. The van der Waals surface area contributed by atoms with Crippen LogP contribution in [0.1, 0.15) is 31.0 Å². The highest BCUT2D eigenvalue weighted by molar-refractivity contribution is 8.02. The van der Waals surface area contributed by atoms with Gasteiger partial charge in [0.2, 0.25) is 11.0 Å². The zero-order chi connectivity index (χ0) is 20.1. The number of anilines is 2. The van der Waals surface area contributed by atoms with Gasteiger partial charge in [0.15, 0.2) is 4.34 Å². The molecule has 2 N–H and O–H groups in total. The van der Waals surface area contributed by atoms with Crippen LogP contribution in [0.2, 0.25) is 0 Å². The predicted octanol–water partition coefficient (Wildman–Crippen LogP) is 5.09. The molecule has 0 aliphatic heterocycles. The molecule has 146 valence electrons. The Balaban J connectivity index is 1.56. The minimum Gasteiger partial charge on any atom is -0.349 e. The van der Waals surface area contributed by atoms with Crippen LogP contribution in [0.5, 0.6) is 0 Å². The zero-order valence-corrected chi connectivity index (χ0v) is 17.4. The van der Waals surface area contributed by atoms with Gasteiger partial charge in [-0.3, -0.25) is 4.79 Å². The molecule has 0 bridgehead atoms. The third-order valence-electron chi connectivity index (χ3n) is 4.17. The van der Waals surface area contributed by atoms with Crippen molar-refractivity contribution in [2.75, 3.05) is 5.32 Å². The smallest absolute Gasteiger partial charge is 0.233 e. The van der Waals surface area contributed by atoms with E-state index in [9.17, 15) is 9.18 Å². The number of nitrogens with zero attached hydrogens (tertiary/aromatic N) is 2. The van der Waals surface area contributed by atoms with Gasteiger partial charge in [-0.15, -0.1) is 10.2 Å². The molecule has 8 heteroatoms. The topological polar surface area (TPSA) is 66.9 Å². The number of amides is 1. The van der Waals surface area contributed by atoms with Crippen LogP contribution >= 0.6 is 23.1 Å². The second-order valence-corrected chi connectivity index (χ2v) is 8.92. The predicted molar refractivity (Wildman–Crippen MR) is 113 cm³/mol. The number of rotatable bonds is 7. The molecule has 0 fully saturated rings. The molecular weight excluding hydrogens is 395 g/mol. The molecule has 0 unspecified atom stereocenters. The number of carbonyl (C=O) groups is 1. The molecule has 5 nitrogen and oxygen atoms in total. The highest BCUT2D eigenvalue weighted by Gasteiger charge is 2.19. The van der Waals surface area contributed by atoms with Crippen molar-refractivity contribution in [1.82, 2.24) is 15.5 Å². The van der Waals surface area contributed by atoms with Crippen LogP contribution < -0.4 is 10.6 Å². The first-order valence-electron chi connectivity index (χ1n) is 8.81. The third-order valence-corrected chi connectivity index (χ3v) is 6.19. The lowest BCUT2D eigenvalue weighted by Crippen LogP contribution is -2.33. The normalized spacial score (nSPS) is 13.0. The van der Waals surface area contributed by atoms with Gasteiger partial charge in [0, 0.05) is 5.69 Å². The molecule has 0 aliphatic rings. The largest absolute Gasteiger partial charge is 0.349 e. The quantitative estimate of drug-likeness (QED) is 0.525. The summed E-state index contributed by atoms with van der Waals surface area (Å²) in [6, 6.07) is 13.9. The first-order valence-corrected chi connectivity index (χ1v) is 10.5. The number of hydrogen-bond acceptors (Lipinski definition) is 6. The Morgan fingerprint density at radius 1 is 1.11 bits per heavy atom. The molecular formula is C20H21FN4OS2. The van der Waals surface area contributed by atoms with Crippen molar-refractivity contribution in [1.29, 1.82) is 0 Å². The molecule has 3 rings (SSSR count). The lowest BCUT2D eigenvalue weighted by Gasteiger charge is -2.17. The zero-order valence-electron chi connectivity index (χ0n) is 15.8. The maximum atomic E-state index is 13.0. The van der Waals surface area contributed by atoms with Crippen molar-refractivity contribution < 1.29 is 9.18 Å². The molecule has 1 amide bonds. The number of carbonyl (C=O) groups excluding carboxylic acids is 1. The lowest BCUT2D eigenvalue weighted by molar-refractivity contribution is -0.120. The summed E-state index contributed by atoms with van der Waals surface area (Å²) in [5.41, 5.74) is 2.95. The van der Waals surface area contributed by atoms with E-state index in [0.29, 0.717) is 9.47 Å². The van der Waals surface area contributed by atoms with Crippen molar-refractivity contribution in [3.8, 4) is 0 Å². The fraction of sp³-hybridized carbons (Fsp3) is 0.250.